The van der Waals surface area contributed by atoms with Crippen molar-refractivity contribution in [2.75, 3.05) is 6.54 Å². The van der Waals surface area contributed by atoms with Crippen LogP contribution in [0.1, 0.15) is 27.2 Å². The van der Waals surface area contributed by atoms with E-state index in [1.54, 1.807) is 16.9 Å². The molecule has 1 N–H and O–H groups in total. The number of halogens is 4. The van der Waals surface area contributed by atoms with Crippen LogP contribution in [0, 0.1) is 0 Å². The van der Waals surface area contributed by atoms with E-state index in [1.807, 2.05) is 32.2 Å². The van der Waals surface area contributed by atoms with E-state index in [0.717, 1.165) is 16.0 Å². The topological polar surface area (TPSA) is 68.5 Å². The average molecular weight is 411 g/mol. The number of rotatable bonds is 4. The first-order valence-electron chi connectivity index (χ1n) is 6.94. The molecule has 0 aliphatic rings. The van der Waals surface area contributed by atoms with Gasteiger partial charge in [-0.2, -0.15) is 18.3 Å². The molecule has 0 aliphatic heterocycles. The molecule has 0 saturated heterocycles. The molecular formula is C14H18BrF3N4O2. The number of alkyl halides is 3. The second-order valence-corrected chi connectivity index (χ2v) is 6.49. The fourth-order valence-corrected chi connectivity index (χ4v) is 1.92. The Morgan fingerprint density at radius 1 is 1.38 bits per heavy atom. The van der Waals surface area contributed by atoms with Crippen molar-refractivity contribution < 1.29 is 22.7 Å². The molecule has 0 radical (unpaired) electrons. The number of carbonyl (C=O) groups is 1. The van der Waals surface area contributed by atoms with Gasteiger partial charge >= 0.3 is 6.18 Å². The second kappa shape index (κ2) is 8.32. The van der Waals surface area contributed by atoms with Crippen LogP contribution in [0.4, 0.5) is 13.2 Å². The number of ether oxygens (including phenoxy) is 1. The van der Waals surface area contributed by atoms with Crippen LogP contribution in [0.2, 0.25) is 0 Å². The monoisotopic (exact) mass is 410 g/mol. The van der Waals surface area contributed by atoms with Crippen molar-refractivity contribution >= 4 is 28.0 Å². The Labute approximate surface area is 145 Å². The summed E-state index contributed by atoms with van der Waals surface area (Å²) in [6.45, 7) is 5.66. The van der Waals surface area contributed by atoms with Gasteiger partial charge in [0, 0.05) is 25.0 Å². The molecule has 1 amide bonds. The number of hydrogen-bond acceptors (Lipinski definition) is 4. The zero-order chi connectivity index (χ0) is 18.4. The van der Waals surface area contributed by atoms with Gasteiger partial charge in [0.05, 0.1) is 6.42 Å². The quantitative estimate of drug-likeness (QED) is 0.619. The standard InChI is InChI=1S/C10H12BrN3O.C4H6F3NO/c1-10(2,3)15-7-6-8(11)13-14-5-4-12-9(7)14;5-4(6,7)1-2-8-3-9/h4-6H,1-3H3;3H,1-2H2,(H,8,9). The number of fused-ring (bicyclic) bond motifs is 1. The Morgan fingerprint density at radius 3 is 2.58 bits per heavy atom. The van der Waals surface area contributed by atoms with Crippen molar-refractivity contribution in [3.63, 3.8) is 0 Å². The van der Waals surface area contributed by atoms with Crippen molar-refractivity contribution in [1.29, 1.82) is 0 Å². The molecule has 10 heteroatoms. The maximum absolute atomic E-state index is 11.2. The zero-order valence-electron chi connectivity index (χ0n) is 13.4. The molecule has 6 nitrogen and oxygen atoms in total. The third kappa shape index (κ3) is 7.62. The molecule has 0 atom stereocenters. The van der Waals surface area contributed by atoms with Gasteiger partial charge in [0.25, 0.3) is 0 Å². The Morgan fingerprint density at radius 2 is 2.04 bits per heavy atom. The summed E-state index contributed by atoms with van der Waals surface area (Å²) < 4.78 is 41.9. The van der Waals surface area contributed by atoms with E-state index in [2.05, 4.69) is 26.0 Å². The van der Waals surface area contributed by atoms with Crippen LogP contribution in [0.15, 0.2) is 23.1 Å². The van der Waals surface area contributed by atoms with Gasteiger partial charge in [-0.05, 0) is 36.7 Å². The summed E-state index contributed by atoms with van der Waals surface area (Å²) in [7, 11) is 0. The second-order valence-electron chi connectivity index (χ2n) is 5.68. The van der Waals surface area contributed by atoms with Crippen LogP contribution in [0.25, 0.3) is 5.65 Å². The predicted octanol–water partition coefficient (Wildman–Crippen LogP) is 3.35. The highest BCUT2D eigenvalue weighted by Crippen LogP contribution is 2.25. The molecule has 2 aromatic rings. The largest absolute Gasteiger partial charge is 0.484 e. The van der Waals surface area contributed by atoms with E-state index in [9.17, 15) is 18.0 Å². The molecule has 0 unspecified atom stereocenters. The van der Waals surface area contributed by atoms with Gasteiger partial charge < -0.3 is 10.1 Å². The highest BCUT2D eigenvalue weighted by atomic mass is 79.9. The summed E-state index contributed by atoms with van der Waals surface area (Å²) >= 11 is 3.34. The van der Waals surface area contributed by atoms with E-state index < -0.39 is 12.6 Å². The predicted molar refractivity (Wildman–Crippen MR) is 85.8 cm³/mol. The summed E-state index contributed by atoms with van der Waals surface area (Å²) in [4.78, 5) is 13.6. The van der Waals surface area contributed by atoms with Crippen LogP contribution < -0.4 is 10.1 Å². The number of carbonyl (C=O) groups excluding carboxylic acids is 1. The Balaban J connectivity index is 0.000000277. The van der Waals surface area contributed by atoms with E-state index in [0.29, 0.717) is 0 Å². The van der Waals surface area contributed by atoms with E-state index in [1.165, 1.54) is 0 Å². The Kier molecular flexibility index (Phi) is 7.00. The summed E-state index contributed by atoms with van der Waals surface area (Å²) in [6.07, 6.45) is -1.41. The van der Waals surface area contributed by atoms with Crippen molar-refractivity contribution in [3.05, 3.63) is 23.1 Å². The molecule has 0 spiro atoms. The lowest BCUT2D eigenvalue weighted by atomic mass is 10.2. The summed E-state index contributed by atoms with van der Waals surface area (Å²) in [5.41, 5.74) is 0.487. The Hall–Kier alpha value is -1.84. The number of amides is 1. The lowest BCUT2D eigenvalue weighted by Gasteiger charge is -2.21. The normalized spacial score (nSPS) is 11.6. The minimum Gasteiger partial charge on any atom is -0.484 e. The molecule has 0 bridgehead atoms. The van der Waals surface area contributed by atoms with Crippen molar-refractivity contribution in [2.24, 2.45) is 0 Å². The van der Waals surface area contributed by atoms with Crippen molar-refractivity contribution in [2.45, 2.75) is 39.0 Å². The summed E-state index contributed by atoms with van der Waals surface area (Å²) in [6, 6.07) is 1.83. The lowest BCUT2D eigenvalue weighted by Crippen LogP contribution is -2.23. The van der Waals surface area contributed by atoms with Crippen LogP contribution in [-0.2, 0) is 4.79 Å². The summed E-state index contributed by atoms with van der Waals surface area (Å²) in [5, 5.41) is 6.12. The molecule has 24 heavy (non-hydrogen) atoms. The van der Waals surface area contributed by atoms with Gasteiger partial charge in [0.15, 0.2) is 11.4 Å². The molecule has 134 valence electrons. The van der Waals surface area contributed by atoms with Crippen LogP contribution in [-0.4, -0.2) is 39.3 Å². The van der Waals surface area contributed by atoms with Gasteiger partial charge in [-0.1, -0.05) is 0 Å². The van der Waals surface area contributed by atoms with E-state index >= 15 is 0 Å². The molecule has 2 aromatic heterocycles. The third-order valence-electron chi connectivity index (χ3n) is 2.35. The number of hydrogen-bond donors (Lipinski definition) is 1. The number of nitrogens with zero attached hydrogens (tertiary/aromatic N) is 3. The van der Waals surface area contributed by atoms with Crippen LogP contribution in [0.5, 0.6) is 5.75 Å². The first-order valence-corrected chi connectivity index (χ1v) is 7.74. The van der Waals surface area contributed by atoms with Gasteiger partial charge in [0.2, 0.25) is 6.41 Å². The fraction of sp³-hybridized carbons (Fsp3) is 0.500. The van der Waals surface area contributed by atoms with Gasteiger partial charge in [-0.3, -0.25) is 4.79 Å². The number of nitrogens with one attached hydrogen (secondary N) is 1. The highest BCUT2D eigenvalue weighted by Gasteiger charge is 2.25. The molecular weight excluding hydrogens is 393 g/mol. The first-order chi connectivity index (χ1) is 11.0. The van der Waals surface area contributed by atoms with Crippen molar-refractivity contribution in [1.82, 2.24) is 19.9 Å². The zero-order valence-corrected chi connectivity index (χ0v) is 15.0. The van der Waals surface area contributed by atoms with Crippen LogP contribution >= 0.6 is 15.9 Å². The molecule has 0 saturated carbocycles. The van der Waals surface area contributed by atoms with E-state index in [-0.39, 0.29) is 18.6 Å². The SMILES string of the molecule is CC(C)(C)Oc1cc(Br)nn2ccnc12.O=CNCCC(F)(F)F. The molecule has 0 aromatic carbocycles. The van der Waals surface area contributed by atoms with Crippen molar-refractivity contribution in [3.8, 4) is 5.75 Å². The highest BCUT2D eigenvalue weighted by molar-refractivity contribution is 9.10. The molecule has 2 heterocycles. The Bertz CT molecular complexity index is 668. The lowest BCUT2D eigenvalue weighted by molar-refractivity contribution is -0.134. The maximum atomic E-state index is 11.2. The summed E-state index contributed by atoms with van der Waals surface area (Å²) in [5.74, 6) is 0.731. The third-order valence-corrected chi connectivity index (χ3v) is 2.74. The maximum Gasteiger partial charge on any atom is 0.390 e. The minimum atomic E-state index is -4.17. The first kappa shape index (κ1) is 20.2. The fourth-order valence-electron chi connectivity index (χ4n) is 1.54. The van der Waals surface area contributed by atoms with Gasteiger partial charge in [-0.25, -0.2) is 9.50 Å². The van der Waals surface area contributed by atoms with Gasteiger partial charge in [-0.15, -0.1) is 0 Å². The molecule has 0 aliphatic carbocycles. The van der Waals surface area contributed by atoms with Crippen LogP contribution in [0.3, 0.4) is 0 Å². The average Bonchev–Trinajstić information content (AvgIpc) is 2.84. The molecule has 2 rings (SSSR count). The smallest absolute Gasteiger partial charge is 0.390 e. The minimum absolute atomic E-state index is 0.242. The van der Waals surface area contributed by atoms with Gasteiger partial charge in [0.1, 0.15) is 10.2 Å². The van der Waals surface area contributed by atoms with E-state index in [4.69, 9.17) is 4.74 Å². The number of aromatic nitrogens is 3. The molecule has 0 fully saturated rings. The number of imidazole rings is 1.